The van der Waals surface area contributed by atoms with E-state index >= 15 is 0 Å². The lowest BCUT2D eigenvalue weighted by atomic mass is 9.92. The molecular weight excluding hydrogens is 484 g/mol. The predicted octanol–water partition coefficient (Wildman–Crippen LogP) is 13.3. The van der Waals surface area contributed by atoms with E-state index in [4.69, 9.17) is 0 Å². The third-order valence-corrected chi connectivity index (χ3v) is 9.37. The minimum atomic E-state index is 0.613. The van der Waals surface area contributed by atoms with Crippen molar-refractivity contribution in [2.45, 2.75) is 226 Å². The first-order valence-corrected chi connectivity index (χ1v) is 18.8. The zero-order chi connectivity index (χ0) is 28.9. The summed E-state index contributed by atoms with van der Waals surface area (Å²) in [5.74, 6) is 2.23. The van der Waals surface area contributed by atoms with Crippen LogP contribution in [-0.2, 0) is 0 Å². The Balaban J connectivity index is 2.25. The fourth-order valence-corrected chi connectivity index (χ4v) is 6.69. The number of unbranched alkanes of at least 4 members (excludes halogenated alkanes) is 23. The molecule has 1 heterocycles. The van der Waals surface area contributed by atoms with Gasteiger partial charge in [-0.25, -0.2) is 9.55 Å². The first kappa shape index (κ1) is 37.2. The van der Waals surface area contributed by atoms with Crippen molar-refractivity contribution in [2.75, 3.05) is 0 Å². The number of hydrogen-bond acceptors (Lipinski definition) is 0. The Labute approximate surface area is 253 Å². The molecule has 0 spiro atoms. The Morgan fingerprint density at radius 1 is 0.475 bits per heavy atom. The van der Waals surface area contributed by atoms with Crippen molar-refractivity contribution >= 4 is 0 Å². The van der Waals surface area contributed by atoms with E-state index < -0.39 is 0 Å². The van der Waals surface area contributed by atoms with Gasteiger partial charge in [-0.1, -0.05) is 188 Å². The summed E-state index contributed by atoms with van der Waals surface area (Å²) in [6.07, 6.45) is 45.9. The zero-order valence-corrected chi connectivity index (χ0v) is 28.3. The molecule has 1 aromatic rings. The second-order valence-corrected chi connectivity index (χ2v) is 13.3. The van der Waals surface area contributed by atoms with Crippen LogP contribution in [0.3, 0.4) is 0 Å². The highest BCUT2D eigenvalue weighted by Gasteiger charge is 2.25. The second-order valence-electron chi connectivity index (χ2n) is 13.3. The summed E-state index contributed by atoms with van der Waals surface area (Å²) in [5, 5.41) is 0. The Morgan fingerprint density at radius 2 is 0.825 bits per heavy atom. The van der Waals surface area contributed by atoms with Gasteiger partial charge >= 0.3 is 0 Å². The average Bonchev–Trinajstić information content (AvgIpc) is 3.45. The van der Waals surface area contributed by atoms with Gasteiger partial charge in [-0.2, -0.15) is 0 Å². The summed E-state index contributed by atoms with van der Waals surface area (Å²) >= 11 is 0. The number of nitrogens with zero attached hydrogens (tertiary/aromatic N) is 1. The van der Waals surface area contributed by atoms with Crippen LogP contribution in [0.5, 0.6) is 0 Å². The minimum absolute atomic E-state index is 0.613. The average molecular weight is 560 g/mol. The van der Waals surface area contributed by atoms with Crippen LogP contribution in [0, 0.1) is 0 Å². The van der Waals surface area contributed by atoms with Gasteiger partial charge in [-0.15, -0.1) is 0 Å². The van der Waals surface area contributed by atoms with E-state index in [1.807, 2.05) is 0 Å². The molecule has 40 heavy (non-hydrogen) atoms. The molecule has 0 aromatic carbocycles. The maximum Gasteiger partial charge on any atom is 0.257 e. The van der Waals surface area contributed by atoms with Gasteiger partial charge in [0.1, 0.15) is 12.4 Å². The van der Waals surface area contributed by atoms with E-state index in [1.165, 1.54) is 192 Å². The van der Waals surface area contributed by atoms with Gasteiger partial charge in [0.2, 0.25) is 0 Å². The summed E-state index contributed by atoms with van der Waals surface area (Å²) in [6.45, 7) is 9.35. The van der Waals surface area contributed by atoms with Crippen molar-refractivity contribution in [3.8, 4) is 0 Å². The molecule has 0 aliphatic rings. The van der Waals surface area contributed by atoms with Gasteiger partial charge in [-0.3, -0.25) is 0 Å². The number of nitrogens with one attached hydrogen (secondary N) is 1. The van der Waals surface area contributed by atoms with Crippen LogP contribution in [0.1, 0.15) is 232 Å². The van der Waals surface area contributed by atoms with Crippen molar-refractivity contribution in [3.05, 3.63) is 18.2 Å². The molecule has 0 aliphatic heterocycles. The topological polar surface area (TPSA) is 19.7 Å². The highest BCUT2D eigenvalue weighted by atomic mass is 15.1. The lowest BCUT2D eigenvalue weighted by Crippen LogP contribution is -2.41. The molecular formula is C38H75N2+. The monoisotopic (exact) mass is 560 g/mol. The van der Waals surface area contributed by atoms with Crippen LogP contribution < -0.4 is 4.57 Å². The zero-order valence-electron chi connectivity index (χ0n) is 28.3. The van der Waals surface area contributed by atoms with E-state index in [0.29, 0.717) is 12.0 Å². The van der Waals surface area contributed by atoms with Crippen LogP contribution in [0.2, 0.25) is 0 Å². The Morgan fingerprint density at radius 3 is 1.18 bits per heavy atom. The third-order valence-electron chi connectivity index (χ3n) is 9.37. The van der Waals surface area contributed by atoms with Crippen molar-refractivity contribution < 1.29 is 4.57 Å². The summed E-state index contributed by atoms with van der Waals surface area (Å²) in [7, 11) is 0. The third kappa shape index (κ3) is 20.1. The van der Waals surface area contributed by atoms with Crippen LogP contribution >= 0.6 is 0 Å². The van der Waals surface area contributed by atoms with Gasteiger partial charge in [0.25, 0.3) is 5.82 Å². The van der Waals surface area contributed by atoms with Gasteiger partial charge in [0.15, 0.2) is 0 Å². The first-order chi connectivity index (χ1) is 19.7. The summed E-state index contributed by atoms with van der Waals surface area (Å²) in [6, 6.07) is 0.613. The lowest BCUT2D eigenvalue weighted by molar-refractivity contribution is -0.727. The molecule has 1 N–H and O–H groups in total. The van der Waals surface area contributed by atoms with E-state index in [-0.39, 0.29) is 0 Å². The van der Waals surface area contributed by atoms with Crippen molar-refractivity contribution in [1.29, 1.82) is 0 Å². The molecule has 2 heteroatoms. The minimum Gasteiger partial charge on any atom is -0.247 e. The quantitative estimate of drug-likeness (QED) is 0.0689. The largest absolute Gasteiger partial charge is 0.257 e. The molecule has 0 bridgehead atoms. The van der Waals surface area contributed by atoms with Crippen LogP contribution in [0.4, 0.5) is 0 Å². The number of H-pyrrole nitrogens is 1. The molecule has 2 atom stereocenters. The summed E-state index contributed by atoms with van der Waals surface area (Å²) < 4.78 is 2.58. The molecule has 0 fully saturated rings. The summed E-state index contributed by atoms with van der Waals surface area (Å²) in [4.78, 5) is 3.70. The van der Waals surface area contributed by atoms with E-state index in [2.05, 4.69) is 49.6 Å². The number of aromatic amines is 1. The second kappa shape index (κ2) is 28.3. The Hall–Kier alpha value is -0.790. The molecule has 1 rings (SSSR count). The fraction of sp³-hybridized carbons (Fsp3) is 0.921. The first-order valence-electron chi connectivity index (χ1n) is 18.8. The van der Waals surface area contributed by atoms with Crippen molar-refractivity contribution in [3.63, 3.8) is 0 Å². The van der Waals surface area contributed by atoms with Gasteiger partial charge in [-0.05, 0) is 26.2 Å². The molecule has 0 saturated carbocycles. The lowest BCUT2D eigenvalue weighted by Gasteiger charge is -2.17. The number of aromatic nitrogens is 2. The normalized spacial score (nSPS) is 13.2. The predicted molar refractivity (Wildman–Crippen MR) is 179 cm³/mol. The van der Waals surface area contributed by atoms with E-state index in [9.17, 15) is 0 Å². The van der Waals surface area contributed by atoms with Gasteiger partial charge in [0.05, 0.1) is 12.0 Å². The molecule has 2 nitrogen and oxygen atoms in total. The van der Waals surface area contributed by atoms with Crippen molar-refractivity contribution in [2.24, 2.45) is 0 Å². The van der Waals surface area contributed by atoms with E-state index in [1.54, 1.807) is 0 Å². The Kier molecular flexibility index (Phi) is 26.4. The SMILES string of the molecule is CCCCCCCCCCCCCCCCC(CCCCCCCCCCCCC)c1[nH]cc[n+]1C(C)CCC. The molecule has 0 amide bonds. The number of imidazole rings is 1. The fourth-order valence-electron chi connectivity index (χ4n) is 6.69. The Bertz CT molecular complexity index is 621. The molecule has 0 aliphatic carbocycles. The molecule has 0 saturated heterocycles. The van der Waals surface area contributed by atoms with Crippen LogP contribution in [0.25, 0.3) is 0 Å². The summed E-state index contributed by atoms with van der Waals surface area (Å²) in [5.41, 5.74) is 0. The highest BCUT2D eigenvalue weighted by molar-refractivity contribution is 4.90. The highest BCUT2D eigenvalue weighted by Crippen LogP contribution is 2.27. The van der Waals surface area contributed by atoms with Crippen LogP contribution in [0.15, 0.2) is 12.4 Å². The smallest absolute Gasteiger partial charge is 0.247 e. The molecule has 236 valence electrons. The molecule has 0 radical (unpaired) electrons. The maximum absolute atomic E-state index is 3.70. The van der Waals surface area contributed by atoms with Gasteiger partial charge < -0.3 is 0 Å². The van der Waals surface area contributed by atoms with Crippen molar-refractivity contribution in [1.82, 2.24) is 4.98 Å². The standard InChI is InChI=1S/C38H74N2/c1-5-8-10-12-14-16-18-19-20-22-24-26-28-30-33-37(38-39-34-35-40(38)36(4)31-7-3)32-29-27-25-23-21-17-15-13-11-9-6-2/h34-37H,5-33H2,1-4H3/p+1. The molecule has 2 unspecified atom stereocenters. The van der Waals surface area contributed by atoms with E-state index in [0.717, 1.165) is 0 Å². The van der Waals surface area contributed by atoms with Crippen LogP contribution in [-0.4, -0.2) is 4.98 Å². The van der Waals surface area contributed by atoms with Gasteiger partial charge in [0, 0.05) is 0 Å². The number of hydrogen-bond donors (Lipinski definition) is 1. The maximum atomic E-state index is 3.70. The molecule has 1 aromatic heterocycles. The number of rotatable bonds is 31.